The van der Waals surface area contributed by atoms with Gasteiger partial charge < -0.3 is 14.5 Å². The van der Waals surface area contributed by atoms with E-state index in [2.05, 4.69) is 243 Å². The third-order valence-electron chi connectivity index (χ3n) is 13.7. The Morgan fingerprint density at radius 2 is 0.879 bits per heavy atom. The fraction of sp³-hybridized carbons (Fsp3) is 0.0656. The van der Waals surface area contributed by atoms with Gasteiger partial charge in [-0.15, -0.1) is 0 Å². The maximum absolute atomic E-state index is 5.87. The lowest BCUT2D eigenvalue weighted by Crippen LogP contribution is -2.34. The molecule has 66 heavy (non-hydrogen) atoms. The molecule has 1 N–H and O–H groups in total. The number of fused-ring (bicyclic) bond motifs is 10. The first-order valence-electron chi connectivity index (χ1n) is 23.1. The minimum atomic E-state index is 0.000609. The first-order chi connectivity index (χ1) is 32.8. The standard InChI is InChI=1S/C61H45N5/c1-3-18-41(19-4-1)42-34-36-43(37-35-42)53-28-11-12-29-54(44-20-17-23-46(40-44)64-55-30-13-7-24-47(55)48-25-8-14-31-56(48)64)63-61(62-53)66-58-33-16-10-27-50(58)52-39-38-51-49-26-9-15-32-57(49)65(59(51)60(52)66)45-21-5-2-6-22-45/h1-10,13-27,29-40,53H,11-12,28H2,(H,62,63). The molecule has 0 aliphatic carbocycles. The Kier molecular flexibility index (Phi) is 9.05. The number of para-hydroxylation sites is 5. The minimum absolute atomic E-state index is 0.000609. The average molecular weight is 848 g/mol. The first kappa shape index (κ1) is 38.1. The number of hydrogen-bond acceptors (Lipinski definition) is 2. The second-order valence-electron chi connectivity index (χ2n) is 17.5. The van der Waals surface area contributed by atoms with Crippen molar-refractivity contribution in [2.24, 2.45) is 4.99 Å². The summed E-state index contributed by atoms with van der Waals surface area (Å²) in [6.45, 7) is 0. The van der Waals surface area contributed by atoms with E-state index < -0.39 is 0 Å². The molecular weight excluding hydrogens is 803 g/mol. The van der Waals surface area contributed by atoms with Gasteiger partial charge in [-0.3, -0.25) is 4.57 Å². The van der Waals surface area contributed by atoms with Crippen LogP contribution in [0.4, 0.5) is 0 Å². The number of aromatic nitrogens is 3. The molecule has 0 saturated heterocycles. The molecule has 5 heteroatoms. The third-order valence-corrected chi connectivity index (χ3v) is 13.7. The topological polar surface area (TPSA) is 39.2 Å². The summed E-state index contributed by atoms with van der Waals surface area (Å²) in [6.07, 6.45) is 5.19. The van der Waals surface area contributed by atoms with Crippen LogP contribution < -0.4 is 5.32 Å². The zero-order chi connectivity index (χ0) is 43.6. The molecule has 0 fully saturated rings. The molecule has 0 amide bonds. The van der Waals surface area contributed by atoms with E-state index in [1.54, 1.807) is 0 Å². The number of nitrogens with zero attached hydrogens (tertiary/aromatic N) is 4. The van der Waals surface area contributed by atoms with Gasteiger partial charge in [0.25, 0.3) is 0 Å². The predicted molar refractivity (Wildman–Crippen MR) is 277 cm³/mol. The zero-order valence-electron chi connectivity index (χ0n) is 36.3. The molecule has 0 saturated carbocycles. The van der Waals surface area contributed by atoms with Crippen LogP contribution in [-0.2, 0) is 0 Å². The molecule has 0 radical (unpaired) electrons. The lowest BCUT2D eigenvalue weighted by Gasteiger charge is -2.23. The lowest BCUT2D eigenvalue weighted by molar-refractivity contribution is 0.563. The highest BCUT2D eigenvalue weighted by molar-refractivity contribution is 6.26. The average Bonchev–Trinajstić information content (AvgIpc) is 4.05. The second kappa shape index (κ2) is 15.7. The van der Waals surface area contributed by atoms with Crippen molar-refractivity contribution in [3.05, 3.63) is 236 Å². The second-order valence-corrected chi connectivity index (χ2v) is 17.5. The Bertz CT molecular complexity index is 3810. The minimum Gasteiger partial charge on any atom is -0.349 e. The Morgan fingerprint density at radius 3 is 1.52 bits per heavy atom. The molecule has 3 aromatic heterocycles. The zero-order valence-corrected chi connectivity index (χ0v) is 36.3. The van der Waals surface area contributed by atoms with Crippen LogP contribution in [-0.4, -0.2) is 19.7 Å². The van der Waals surface area contributed by atoms with E-state index in [0.717, 1.165) is 64.4 Å². The molecule has 4 heterocycles. The van der Waals surface area contributed by atoms with E-state index in [9.17, 15) is 0 Å². The molecule has 0 spiro atoms. The van der Waals surface area contributed by atoms with Gasteiger partial charge in [0.15, 0.2) is 0 Å². The van der Waals surface area contributed by atoms with Crippen LogP contribution in [0.1, 0.15) is 36.4 Å². The maximum Gasteiger partial charge on any atom is 0.209 e. The third kappa shape index (κ3) is 6.19. The summed E-state index contributed by atoms with van der Waals surface area (Å²) < 4.78 is 7.27. The van der Waals surface area contributed by atoms with E-state index in [1.165, 1.54) is 65.6 Å². The number of rotatable bonds is 5. The van der Waals surface area contributed by atoms with Gasteiger partial charge in [0, 0.05) is 49.3 Å². The van der Waals surface area contributed by atoms with Gasteiger partial charge in [-0.1, -0.05) is 176 Å². The van der Waals surface area contributed by atoms with E-state index >= 15 is 0 Å². The van der Waals surface area contributed by atoms with Crippen molar-refractivity contribution in [3.8, 4) is 22.5 Å². The monoisotopic (exact) mass is 847 g/mol. The van der Waals surface area contributed by atoms with Gasteiger partial charge in [-0.05, 0) is 84.5 Å². The van der Waals surface area contributed by atoms with E-state index in [1.807, 2.05) is 0 Å². The number of aliphatic imine (C=N–C) groups is 1. The number of benzene rings is 9. The van der Waals surface area contributed by atoms with Crippen molar-refractivity contribution in [1.82, 2.24) is 19.0 Å². The number of hydrogen-bond donors (Lipinski definition) is 1. The van der Waals surface area contributed by atoms with Crippen LogP contribution in [0.3, 0.4) is 0 Å². The van der Waals surface area contributed by atoms with Gasteiger partial charge in [0.1, 0.15) is 0 Å². The van der Waals surface area contributed by atoms with E-state index in [4.69, 9.17) is 4.99 Å². The summed E-state index contributed by atoms with van der Waals surface area (Å²) >= 11 is 0. The summed E-state index contributed by atoms with van der Waals surface area (Å²) in [5, 5.41) is 11.5. The van der Waals surface area contributed by atoms with Crippen LogP contribution in [0.5, 0.6) is 0 Å². The summed E-state index contributed by atoms with van der Waals surface area (Å²) in [5.74, 6) is 0.797. The predicted octanol–water partition coefficient (Wildman–Crippen LogP) is 15.4. The number of nitrogens with one attached hydrogen (secondary N) is 1. The molecule has 5 nitrogen and oxygen atoms in total. The van der Waals surface area contributed by atoms with Crippen molar-refractivity contribution in [2.75, 3.05) is 0 Å². The Balaban J connectivity index is 1.06. The molecule has 1 aliphatic rings. The van der Waals surface area contributed by atoms with Gasteiger partial charge in [0.2, 0.25) is 5.96 Å². The van der Waals surface area contributed by atoms with Crippen LogP contribution in [0.2, 0.25) is 0 Å². The molecule has 12 aromatic rings. The van der Waals surface area contributed by atoms with Gasteiger partial charge in [0.05, 0.1) is 44.8 Å². The lowest BCUT2D eigenvalue weighted by atomic mass is 9.97. The van der Waals surface area contributed by atoms with Crippen molar-refractivity contribution >= 4 is 77.1 Å². The van der Waals surface area contributed by atoms with Crippen molar-refractivity contribution < 1.29 is 0 Å². The van der Waals surface area contributed by atoms with Crippen LogP contribution in [0.15, 0.2) is 229 Å². The fourth-order valence-corrected chi connectivity index (χ4v) is 10.6. The highest BCUT2D eigenvalue weighted by Crippen LogP contribution is 2.41. The summed E-state index contributed by atoms with van der Waals surface area (Å²) in [6, 6.07) is 79.2. The molecule has 13 rings (SSSR count). The molecule has 1 aliphatic heterocycles. The molecule has 1 atom stereocenters. The van der Waals surface area contributed by atoms with Crippen LogP contribution in [0.25, 0.3) is 93.6 Å². The van der Waals surface area contributed by atoms with Crippen LogP contribution >= 0.6 is 0 Å². The summed E-state index contributed by atoms with van der Waals surface area (Å²) in [5.41, 5.74) is 14.8. The van der Waals surface area contributed by atoms with E-state index in [-0.39, 0.29) is 6.04 Å². The largest absolute Gasteiger partial charge is 0.349 e. The quantitative estimate of drug-likeness (QED) is 0.184. The van der Waals surface area contributed by atoms with Gasteiger partial charge in [-0.25, -0.2) is 4.99 Å². The van der Waals surface area contributed by atoms with Gasteiger partial charge in [-0.2, -0.15) is 0 Å². The Hall–Kier alpha value is -8.41. The Labute approximate surface area is 382 Å². The van der Waals surface area contributed by atoms with Gasteiger partial charge >= 0.3 is 0 Å². The highest BCUT2D eigenvalue weighted by Gasteiger charge is 2.25. The molecule has 314 valence electrons. The normalized spacial score (nSPS) is 14.6. The van der Waals surface area contributed by atoms with Crippen molar-refractivity contribution in [3.63, 3.8) is 0 Å². The van der Waals surface area contributed by atoms with E-state index in [0.29, 0.717) is 0 Å². The molecule has 9 aromatic carbocycles. The molecule has 1 unspecified atom stereocenters. The maximum atomic E-state index is 5.87. The van der Waals surface area contributed by atoms with Crippen LogP contribution in [0, 0.1) is 0 Å². The Morgan fingerprint density at radius 1 is 0.394 bits per heavy atom. The first-order valence-corrected chi connectivity index (χ1v) is 23.1. The van der Waals surface area contributed by atoms with Crippen molar-refractivity contribution in [2.45, 2.75) is 25.3 Å². The summed E-state index contributed by atoms with van der Waals surface area (Å²) in [7, 11) is 0. The highest BCUT2D eigenvalue weighted by atomic mass is 15.2. The molecule has 0 bridgehead atoms. The smallest absolute Gasteiger partial charge is 0.209 e. The summed E-state index contributed by atoms with van der Waals surface area (Å²) in [4.78, 5) is 5.87. The van der Waals surface area contributed by atoms with Crippen molar-refractivity contribution in [1.29, 1.82) is 0 Å². The SMILES string of the molecule is C1=C(c2cccc(-n3c4ccccc4c4ccccc43)c2)N=C(n2c3ccccc3c3ccc4c5ccccc5n(-c5ccccc5)c4c32)NC(c2ccc(-c3ccccc3)cc2)CCC1. The molecular formula is C61H45N5. The fourth-order valence-electron chi connectivity index (χ4n) is 10.6. The number of allylic oxidation sites excluding steroid dienone is 1.